The summed E-state index contributed by atoms with van der Waals surface area (Å²) in [4.78, 5) is 4.29. The lowest BCUT2D eigenvalue weighted by atomic mass is 10.1. The molecule has 1 aromatic heterocycles. The number of nitrogens with one attached hydrogen (secondary N) is 1. The Balaban J connectivity index is 1.98. The van der Waals surface area contributed by atoms with Crippen molar-refractivity contribution in [3.05, 3.63) is 16.6 Å². The lowest BCUT2D eigenvalue weighted by molar-refractivity contribution is 0.455. The van der Waals surface area contributed by atoms with E-state index < -0.39 is 0 Å². The molecule has 16 heavy (non-hydrogen) atoms. The van der Waals surface area contributed by atoms with E-state index in [1.165, 1.54) is 37.1 Å². The third-order valence-corrected chi connectivity index (χ3v) is 3.70. The lowest BCUT2D eigenvalue weighted by Crippen LogP contribution is -2.29. The fraction of sp³-hybridized carbons (Fsp3) is 0.769. The van der Waals surface area contributed by atoms with E-state index in [0.717, 1.165) is 19.0 Å². The van der Waals surface area contributed by atoms with E-state index in [0.29, 0.717) is 0 Å². The van der Waals surface area contributed by atoms with Crippen molar-refractivity contribution in [2.24, 2.45) is 0 Å². The molecule has 0 saturated heterocycles. The second-order valence-electron chi connectivity index (χ2n) is 4.23. The first-order valence-electron chi connectivity index (χ1n) is 6.48. The summed E-state index contributed by atoms with van der Waals surface area (Å²) in [7, 11) is 0. The molecule has 0 spiro atoms. The Labute approximate surface area is 103 Å². The van der Waals surface area contributed by atoms with Crippen LogP contribution in [0.15, 0.2) is 11.6 Å². The maximum Gasteiger partial charge on any atom is 0.0924 e. The van der Waals surface area contributed by atoms with Crippen LogP contribution in [0.1, 0.15) is 51.0 Å². The molecule has 0 aliphatic heterocycles. The fourth-order valence-corrected chi connectivity index (χ4v) is 2.55. The van der Waals surface area contributed by atoms with Crippen molar-refractivity contribution in [2.75, 3.05) is 6.54 Å². The van der Waals surface area contributed by atoms with E-state index >= 15 is 0 Å². The van der Waals surface area contributed by atoms with Gasteiger partial charge in [-0.15, -0.1) is 11.3 Å². The molecule has 0 aliphatic rings. The van der Waals surface area contributed by atoms with Gasteiger partial charge in [0.1, 0.15) is 0 Å². The summed E-state index contributed by atoms with van der Waals surface area (Å²) in [5.74, 6) is 0. The molecule has 0 aliphatic carbocycles. The van der Waals surface area contributed by atoms with Gasteiger partial charge in [-0.05, 0) is 38.6 Å². The van der Waals surface area contributed by atoms with Gasteiger partial charge in [-0.1, -0.05) is 20.3 Å². The van der Waals surface area contributed by atoms with Crippen LogP contribution in [0.2, 0.25) is 0 Å². The molecule has 1 heterocycles. The predicted molar refractivity (Wildman–Crippen MR) is 72.0 cm³/mol. The maximum atomic E-state index is 4.29. The van der Waals surface area contributed by atoms with Crippen molar-refractivity contribution in [2.45, 2.75) is 58.4 Å². The van der Waals surface area contributed by atoms with Crippen LogP contribution in [0, 0.1) is 0 Å². The third kappa shape index (κ3) is 5.61. The highest BCUT2D eigenvalue weighted by Crippen LogP contribution is 2.08. The van der Waals surface area contributed by atoms with E-state index in [1.807, 2.05) is 6.20 Å². The molecular weight excluding hydrogens is 216 g/mol. The van der Waals surface area contributed by atoms with Crippen LogP contribution in [0.4, 0.5) is 0 Å². The molecule has 0 amide bonds. The molecule has 92 valence electrons. The van der Waals surface area contributed by atoms with Gasteiger partial charge in [-0.2, -0.15) is 0 Å². The third-order valence-electron chi connectivity index (χ3n) is 2.86. The number of rotatable bonds is 9. The largest absolute Gasteiger partial charge is 0.314 e. The van der Waals surface area contributed by atoms with Crippen molar-refractivity contribution < 1.29 is 0 Å². The number of aryl methyl sites for hydroxylation is 1. The van der Waals surface area contributed by atoms with Crippen molar-refractivity contribution in [1.29, 1.82) is 0 Å². The van der Waals surface area contributed by atoms with E-state index in [9.17, 15) is 0 Å². The SMILES string of the molecule is CCCC(CC)NCCCCc1nccs1. The zero-order chi connectivity index (χ0) is 11.6. The van der Waals surface area contributed by atoms with Crippen molar-refractivity contribution in [3.8, 4) is 0 Å². The second kappa shape index (κ2) is 8.71. The van der Waals surface area contributed by atoms with Crippen LogP contribution >= 0.6 is 11.3 Å². The number of aromatic nitrogens is 1. The molecule has 0 fully saturated rings. The fourth-order valence-electron chi connectivity index (χ4n) is 1.88. The molecule has 0 aromatic carbocycles. The number of nitrogens with zero attached hydrogens (tertiary/aromatic N) is 1. The van der Waals surface area contributed by atoms with Crippen LogP contribution in [0.3, 0.4) is 0 Å². The number of hydrogen-bond acceptors (Lipinski definition) is 3. The van der Waals surface area contributed by atoms with E-state index in [-0.39, 0.29) is 0 Å². The zero-order valence-corrected chi connectivity index (χ0v) is 11.4. The summed E-state index contributed by atoms with van der Waals surface area (Å²) in [5, 5.41) is 6.97. The summed E-state index contributed by atoms with van der Waals surface area (Å²) in [5.41, 5.74) is 0. The van der Waals surface area contributed by atoms with Gasteiger partial charge in [0.2, 0.25) is 0 Å². The lowest BCUT2D eigenvalue weighted by Gasteiger charge is -2.15. The minimum atomic E-state index is 0.727. The number of thiazole rings is 1. The van der Waals surface area contributed by atoms with Gasteiger partial charge in [0.25, 0.3) is 0 Å². The maximum absolute atomic E-state index is 4.29. The monoisotopic (exact) mass is 240 g/mol. The second-order valence-corrected chi connectivity index (χ2v) is 5.21. The Kier molecular flexibility index (Phi) is 7.43. The smallest absolute Gasteiger partial charge is 0.0924 e. The van der Waals surface area contributed by atoms with Gasteiger partial charge in [-0.3, -0.25) is 0 Å². The molecule has 1 N–H and O–H groups in total. The van der Waals surface area contributed by atoms with Crippen molar-refractivity contribution in [3.63, 3.8) is 0 Å². The van der Waals surface area contributed by atoms with E-state index in [4.69, 9.17) is 0 Å². The Hall–Kier alpha value is -0.410. The highest BCUT2D eigenvalue weighted by atomic mass is 32.1. The Bertz CT molecular complexity index is 246. The van der Waals surface area contributed by atoms with Crippen LogP contribution in [0.5, 0.6) is 0 Å². The van der Waals surface area contributed by atoms with Crippen LogP contribution in [-0.2, 0) is 6.42 Å². The standard InChI is InChI=1S/C13H24N2S/c1-3-7-12(4-2)14-9-6-5-8-13-15-10-11-16-13/h10-12,14H,3-9H2,1-2H3. The molecule has 1 rings (SSSR count). The van der Waals surface area contributed by atoms with Gasteiger partial charge in [-0.25, -0.2) is 4.98 Å². The molecule has 0 saturated carbocycles. The van der Waals surface area contributed by atoms with Crippen molar-refractivity contribution >= 4 is 11.3 Å². The molecule has 1 unspecified atom stereocenters. The average Bonchev–Trinajstić information content (AvgIpc) is 2.80. The van der Waals surface area contributed by atoms with Gasteiger partial charge < -0.3 is 5.32 Å². The molecule has 1 aromatic rings. The Morgan fingerprint density at radius 2 is 2.25 bits per heavy atom. The highest BCUT2D eigenvalue weighted by Gasteiger charge is 2.02. The average molecular weight is 240 g/mol. The minimum Gasteiger partial charge on any atom is -0.314 e. The van der Waals surface area contributed by atoms with Crippen LogP contribution < -0.4 is 5.32 Å². The van der Waals surface area contributed by atoms with Gasteiger partial charge >= 0.3 is 0 Å². The predicted octanol–water partition coefficient (Wildman–Crippen LogP) is 3.63. The summed E-state index contributed by atoms with van der Waals surface area (Å²) < 4.78 is 0. The van der Waals surface area contributed by atoms with Gasteiger partial charge in [0, 0.05) is 17.6 Å². The quantitative estimate of drug-likeness (QED) is 0.667. The first-order valence-corrected chi connectivity index (χ1v) is 7.36. The topological polar surface area (TPSA) is 24.9 Å². The summed E-state index contributed by atoms with van der Waals surface area (Å²) in [6.45, 7) is 5.68. The first-order chi connectivity index (χ1) is 7.86. The summed E-state index contributed by atoms with van der Waals surface area (Å²) in [6.07, 6.45) is 9.40. The van der Waals surface area contributed by atoms with Crippen LogP contribution in [0.25, 0.3) is 0 Å². The summed E-state index contributed by atoms with van der Waals surface area (Å²) >= 11 is 1.77. The van der Waals surface area contributed by atoms with E-state index in [1.54, 1.807) is 11.3 Å². The minimum absolute atomic E-state index is 0.727. The van der Waals surface area contributed by atoms with Gasteiger partial charge in [0.15, 0.2) is 0 Å². The highest BCUT2D eigenvalue weighted by molar-refractivity contribution is 7.09. The Morgan fingerprint density at radius 1 is 1.38 bits per heavy atom. The zero-order valence-electron chi connectivity index (χ0n) is 10.5. The van der Waals surface area contributed by atoms with E-state index in [2.05, 4.69) is 29.5 Å². The number of unbranched alkanes of at least 4 members (excludes halogenated alkanes) is 1. The normalized spacial score (nSPS) is 12.9. The molecule has 0 bridgehead atoms. The molecule has 1 atom stereocenters. The number of hydrogen-bond donors (Lipinski definition) is 1. The first kappa shape index (κ1) is 13.7. The molecule has 3 heteroatoms. The Morgan fingerprint density at radius 3 is 2.88 bits per heavy atom. The van der Waals surface area contributed by atoms with Crippen molar-refractivity contribution in [1.82, 2.24) is 10.3 Å². The van der Waals surface area contributed by atoms with Gasteiger partial charge in [0.05, 0.1) is 5.01 Å². The molecular formula is C13H24N2S. The summed E-state index contributed by atoms with van der Waals surface area (Å²) in [6, 6.07) is 0.727. The molecule has 0 radical (unpaired) electrons. The molecule has 2 nitrogen and oxygen atoms in total. The van der Waals surface area contributed by atoms with Crippen LogP contribution in [-0.4, -0.2) is 17.6 Å².